The van der Waals surface area contributed by atoms with Gasteiger partial charge in [0, 0.05) is 24.0 Å². The summed E-state index contributed by atoms with van der Waals surface area (Å²) in [6.07, 6.45) is 3.27. The van der Waals surface area contributed by atoms with Crippen molar-refractivity contribution >= 4 is 23.2 Å². The van der Waals surface area contributed by atoms with Crippen molar-refractivity contribution in [2.75, 3.05) is 0 Å². The molecular weight excluding hydrogens is 219 g/mol. The fraction of sp³-hybridized carbons (Fsp3) is 0. The van der Waals surface area contributed by atoms with E-state index in [0.29, 0.717) is 15.9 Å². The van der Waals surface area contributed by atoms with Crippen LogP contribution in [0.25, 0.3) is 11.3 Å². The van der Waals surface area contributed by atoms with Crippen LogP contribution in [0.5, 0.6) is 0 Å². The molecule has 2 aromatic heterocycles. The van der Waals surface area contributed by atoms with Crippen LogP contribution in [-0.4, -0.2) is 9.97 Å². The van der Waals surface area contributed by atoms with Gasteiger partial charge in [-0.05, 0) is 18.2 Å². The van der Waals surface area contributed by atoms with E-state index in [1.807, 2.05) is 0 Å². The Morgan fingerprint density at radius 2 is 1.93 bits per heavy atom. The smallest absolute Gasteiger partial charge is 0.137 e. The van der Waals surface area contributed by atoms with Gasteiger partial charge < -0.3 is 0 Å². The molecule has 1 radical (unpaired) electrons. The molecule has 2 nitrogen and oxygen atoms in total. The summed E-state index contributed by atoms with van der Waals surface area (Å²) in [5.74, 6) is 0. The highest BCUT2D eigenvalue weighted by molar-refractivity contribution is 6.33. The molecule has 0 bridgehead atoms. The van der Waals surface area contributed by atoms with Crippen LogP contribution in [0.15, 0.2) is 30.6 Å². The molecule has 0 atom stereocenters. The number of pyridine rings is 2. The topological polar surface area (TPSA) is 25.8 Å². The number of hydrogen-bond acceptors (Lipinski definition) is 2. The quantitative estimate of drug-likeness (QED) is 0.694. The lowest BCUT2D eigenvalue weighted by molar-refractivity contribution is 1.28. The van der Waals surface area contributed by atoms with Crippen molar-refractivity contribution in [2.24, 2.45) is 0 Å². The van der Waals surface area contributed by atoms with Gasteiger partial charge >= 0.3 is 0 Å². The van der Waals surface area contributed by atoms with Gasteiger partial charge in [-0.2, -0.15) is 0 Å². The van der Waals surface area contributed by atoms with Gasteiger partial charge in [-0.3, -0.25) is 4.98 Å². The molecule has 4 heteroatoms. The highest BCUT2D eigenvalue weighted by Crippen LogP contribution is 2.25. The minimum Gasteiger partial charge on any atom is -0.255 e. The van der Waals surface area contributed by atoms with E-state index in [-0.39, 0.29) is 0 Å². The highest BCUT2D eigenvalue weighted by atomic mass is 35.5. The van der Waals surface area contributed by atoms with Crippen molar-refractivity contribution in [2.45, 2.75) is 0 Å². The van der Waals surface area contributed by atoms with E-state index in [1.54, 1.807) is 30.6 Å². The average molecular weight is 224 g/mol. The molecule has 2 aromatic rings. The van der Waals surface area contributed by atoms with E-state index in [2.05, 4.69) is 16.0 Å². The van der Waals surface area contributed by atoms with E-state index in [0.717, 1.165) is 5.56 Å². The first-order chi connectivity index (χ1) is 6.77. The van der Waals surface area contributed by atoms with Gasteiger partial charge in [0.2, 0.25) is 0 Å². The molecule has 0 saturated carbocycles. The summed E-state index contributed by atoms with van der Waals surface area (Å²) in [6.45, 7) is 0. The zero-order chi connectivity index (χ0) is 9.97. The largest absolute Gasteiger partial charge is 0.255 e. The predicted octanol–water partition coefficient (Wildman–Crippen LogP) is 3.25. The average Bonchev–Trinajstić information content (AvgIpc) is 2.18. The third-order valence-corrected chi connectivity index (χ3v) is 2.18. The van der Waals surface area contributed by atoms with Crippen molar-refractivity contribution in [3.05, 3.63) is 46.8 Å². The minimum absolute atomic E-state index is 0.309. The molecule has 69 valence electrons. The number of nitrogens with zero attached hydrogens (tertiary/aromatic N) is 2. The standard InChI is InChI=1S/C10H5Cl2N2/c11-8-2-1-4-14-10(8)7-3-5-13-9(12)6-7/h1-5H. The van der Waals surface area contributed by atoms with E-state index >= 15 is 0 Å². The van der Waals surface area contributed by atoms with Gasteiger partial charge in [0.15, 0.2) is 0 Å². The Morgan fingerprint density at radius 1 is 1.07 bits per heavy atom. The van der Waals surface area contributed by atoms with E-state index in [9.17, 15) is 0 Å². The van der Waals surface area contributed by atoms with Crippen molar-refractivity contribution in [3.8, 4) is 11.3 Å². The molecule has 0 aromatic carbocycles. The number of rotatable bonds is 1. The second-order valence-electron chi connectivity index (χ2n) is 2.61. The molecule has 0 fully saturated rings. The van der Waals surface area contributed by atoms with Gasteiger partial charge in [-0.1, -0.05) is 23.2 Å². The zero-order valence-corrected chi connectivity index (χ0v) is 8.55. The van der Waals surface area contributed by atoms with Crippen LogP contribution in [0.2, 0.25) is 10.2 Å². The Hall–Kier alpha value is -1.12. The monoisotopic (exact) mass is 223 g/mol. The Labute approximate surface area is 91.5 Å². The molecule has 2 rings (SSSR count). The summed E-state index contributed by atoms with van der Waals surface area (Å²) in [5.41, 5.74) is 1.41. The van der Waals surface area contributed by atoms with Crippen LogP contribution in [0.1, 0.15) is 0 Å². The zero-order valence-electron chi connectivity index (χ0n) is 7.04. The molecule has 0 aliphatic heterocycles. The van der Waals surface area contributed by atoms with Gasteiger partial charge in [0.05, 0.1) is 10.7 Å². The summed E-state index contributed by atoms with van der Waals surface area (Å²) < 4.78 is 0. The van der Waals surface area contributed by atoms with Crippen LogP contribution >= 0.6 is 23.2 Å². The maximum atomic E-state index is 5.97. The Balaban J connectivity index is 2.55. The third kappa shape index (κ3) is 1.86. The molecule has 14 heavy (non-hydrogen) atoms. The predicted molar refractivity (Wildman–Crippen MR) is 56.3 cm³/mol. The van der Waals surface area contributed by atoms with Crippen LogP contribution in [0.3, 0.4) is 0 Å². The van der Waals surface area contributed by atoms with Gasteiger partial charge in [-0.25, -0.2) is 4.98 Å². The molecule has 0 spiro atoms. The molecule has 0 N–H and O–H groups in total. The lowest BCUT2D eigenvalue weighted by Gasteiger charge is -2.01. The first-order valence-electron chi connectivity index (χ1n) is 3.92. The molecular formula is C10H5Cl2N2. The van der Waals surface area contributed by atoms with Crippen LogP contribution < -0.4 is 0 Å². The first-order valence-corrected chi connectivity index (χ1v) is 4.67. The first kappa shape index (κ1) is 9.44. The molecule has 0 unspecified atom stereocenters. The number of aromatic nitrogens is 2. The molecule has 0 amide bonds. The highest BCUT2D eigenvalue weighted by Gasteiger charge is 2.04. The number of halogens is 2. The lowest BCUT2D eigenvalue weighted by atomic mass is 10.2. The van der Waals surface area contributed by atoms with Crippen LogP contribution in [0, 0.1) is 6.07 Å². The minimum atomic E-state index is 0.309. The van der Waals surface area contributed by atoms with E-state index < -0.39 is 0 Å². The molecule has 0 aliphatic carbocycles. The van der Waals surface area contributed by atoms with Crippen molar-refractivity contribution in [3.63, 3.8) is 0 Å². The maximum Gasteiger partial charge on any atom is 0.137 e. The molecule has 0 saturated heterocycles. The Kier molecular flexibility index (Phi) is 2.66. The summed E-state index contributed by atoms with van der Waals surface area (Å²) in [5, 5.41) is 0.884. The van der Waals surface area contributed by atoms with E-state index in [4.69, 9.17) is 23.2 Å². The summed E-state index contributed by atoms with van der Waals surface area (Å²) >= 11 is 11.7. The third-order valence-electron chi connectivity index (χ3n) is 1.68. The summed E-state index contributed by atoms with van der Waals surface area (Å²) in [4.78, 5) is 7.97. The maximum absolute atomic E-state index is 5.97. The Morgan fingerprint density at radius 3 is 2.64 bits per heavy atom. The van der Waals surface area contributed by atoms with E-state index in [1.165, 1.54) is 0 Å². The van der Waals surface area contributed by atoms with Gasteiger partial charge in [0.1, 0.15) is 5.15 Å². The molecule has 2 heterocycles. The molecule has 0 aliphatic rings. The Bertz CT molecular complexity index is 457. The van der Waals surface area contributed by atoms with Crippen molar-refractivity contribution in [1.82, 2.24) is 9.97 Å². The second kappa shape index (κ2) is 3.95. The fourth-order valence-corrected chi connectivity index (χ4v) is 1.47. The van der Waals surface area contributed by atoms with Crippen LogP contribution in [0.4, 0.5) is 0 Å². The normalized spacial score (nSPS) is 10.1. The van der Waals surface area contributed by atoms with Crippen LogP contribution in [-0.2, 0) is 0 Å². The second-order valence-corrected chi connectivity index (χ2v) is 3.37. The van der Waals surface area contributed by atoms with Crippen molar-refractivity contribution < 1.29 is 0 Å². The number of hydrogen-bond donors (Lipinski definition) is 0. The summed E-state index contributed by atoms with van der Waals surface area (Å²) in [7, 11) is 0. The van der Waals surface area contributed by atoms with Gasteiger partial charge in [-0.15, -0.1) is 0 Å². The fourth-order valence-electron chi connectivity index (χ4n) is 1.08. The van der Waals surface area contributed by atoms with Gasteiger partial charge in [0.25, 0.3) is 0 Å². The van der Waals surface area contributed by atoms with Crippen molar-refractivity contribution in [1.29, 1.82) is 0 Å². The lowest BCUT2D eigenvalue weighted by Crippen LogP contribution is -1.85. The summed E-state index contributed by atoms with van der Waals surface area (Å²) in [6, 6.07) is 8.18. The SMILES string of the molecule is Clc1[c]c(-c2ncccc2Cl)ccn1.